The molecule has 0 aromatic heterocycles. The van der Waals surface area contributed by atoms with Crippen LogP contribution in [0.2, 0.25) is 5.02 Å². The number of hydrogen-bond acceptors (Lipinski definition) is 3. The Morgan fingerprint density at radius 3 is 2.81 bits per heavy atom. The molecular formula is C9H8ClFN2O2S. The molecular weight excluding hydrogens is 255 g/mol. The van der Waals surface area contributed by atoms with E-state index in [9.17, 15) is 9.18 Å². The third kappa shape index (κ3) is 3.63. The van der Waals surface area contributed by atoms with Gasteiger partial charge in [-0.3, -0.25) is 5.32 Å². The summed E-state index contributed by atoms with van der Waals surface area (Å²) < 4.78 is 17.4. The fraction of sp³-hybridized carbons (Fsp3) is 0.111. The van der Waals surface area contributed by atoms with Crippen LogP contribution in [0.5, 0.6) is 0 Å². The van der Waals surface area contributed by atoms with Gasteiger partial charge in [-0.2, -0.15) is 0 Å². The molecule has 0 heterocycles. The first-order valence-corrected chi connectivity index (χ1v) is 4.92. The normalized spacial score (nSPS) is 9.44. The molecule has 0 aliphatic heterocycles. The number of hydrogen-bond donors (Lipinski definition) is 2. The molecule has 0 radical (unpaired) electrons. The van der Waals surface area contributed by atoms with Crippen molar-refractivity contribution < 1.29 is 13.9 Å². The van der Waals surface area contributed by atoms with Gasteiger partial charge in [-0.1, -0.05) is 11.6 Å². The van der Waals surface area contributed by atoms with Crippen molar-refractivity contribution in [3.05, 3.63) is 29.0 Å². The summed E-state index contributed by atoms with van der Waals surface area (Å²) in [6, 6.07) is 4.06. The number of carbonyl (C=O) groups excluding carboxylic acids is 1. The van der Waals surface area contributed by atoms with Crippen LogP contribution in [0.1, 0.15) is 0 Å². The molecule has 16 heavy (non-hydrogen) atoms. The van der Waals surface area contributed by atoms with E-state index in [2.05, 4.69) is 15.4 Å². The minimum Gasteiger partial charge on any atom is -0.453 e. The van der Waals surface area contributed by atoms with Crippen molar-refractivity contribution in [3.63, 3.8) is 0 Å². The van der Waals surface area contributed by atoms with Crippen LogP contribution in [0.3, 0.4) is 0 Å². The fourth-order valence-corrected chi connectivity index (χ4v) is 1.20. The second kappa shape index (κ2) is 5.62. The number of benzene rings is 1. The highest BCUT2D eigenvalue weighted by Gasteiger charge is 2.05. The zero-order valence-electron chi connectivity index (χ0n) is 8.21. The van der Waals surface area contributed by atoms with Gasteiger partial charge in [-0.25, -0.2) is 9.18 Å². The maximum Gasteiger partial charge on any atom is 0.413 e. The summed E-state index contributed by atoms with van der Waals surface area (Å²) >= 11 is 10.3. The number of anilines is 1. The number of ether oxygens (including phenoxy) is 1. The lowest BCUT2D eigenvalue weighted by atomic mass is 10.3. The van der Waals surface area contributed by atoms with Crippen LogP contribution in [0.15, 0.2) is 18.2 Å². The first-order valence-electron chi connectivity index (χ1n) is 4.14. The first-order chi connectivity index (χ1) is 7.52. The number of alkyl carbamates (subject to hydrolysis) is 1. The molecule has 1 amide bonds. The van der Waals surface area contributed by atoms with Crippen LogP contribution in [0, 0.1) is 5.82 Å². The first kappa shape index (κ1) is 12.7. The standard InChI is InChI=1S/C9H8ClFN2O2S/c1-15-9(14)13-8(16)12-5-2-3-6(10)7(11)4-5/h2-4H,1H3,(H2,12,13,14,16). The Kier molecular flexibility index (Phi) is 4.45. The minimum atomic E-state index is -0.702. The summed E-state index contributed by atoms with van der Waals surface area (Å²) in [7, 11) is 1.21. The number of carbonyl (C=O) groups is 1. The molecule has 1 aromatic carbocycles. The van der Waals surface area contributed by atoms with Crippen molar-refractivity contribution in [2.24, 2.45) is 0 Å². The van der Waals surface area contributed by atoms with Crippen LogP contribution >= 0.6 is 23.8 Å². The highest BCUT2D eigenvalue weighted by Crippen LogP contribution is 2.18. The van der Waals surface area contributed by atoms with Crippen molar-refractivity contribution in [2.75, 3.05) is 12.4 Å². The lowest BCUT2D eigenvalue weighted by molar-refractivity contribution is 0.177. The van der Waals surface area contributed by atoms with Gasteiger partial charge in [-0.05, 0) is 30.4 Å². The smallest absolute Gasteiger partial charge is 0.413 e. The van der Waals surface area contributed by atoms with E-state index in [1.807, 2.05) is 0 Å². The monoisotopic (exact) mass is 262 g/mol. The van der Waals surface area contributed by atoms with Crippen LogP contribution in [0.25, 0.3) is 0 Å². The molecule has 0 saturated heterocycles. The number of thiocarbonyl (C=S) groups is 1. The van der Waals surface area contributed by atoms with E-state index in [1.54, 1.807) is 0 Å². The van der Waals surface area contributed by atoms with E-state index < -0.39 is 11.9 Å². The van der Waals surface area contributed by atoms with E-state index in [0.29, 0.717) is 5.69 Å². The number of nitrogens with one attached hydrogen (secondary N) is 2. The van der Waals surface area contributed by atoms with E-state index in [1.165, 1.54) is 19.2 Å². The van der Waals surface area contributed by atoms with Crippen LogP contribution in [0.4, 0.5) is 14.9 Å². The average Bonchev–Trinajstić information content (AvgIpc) is 2.23. The zero-order valence-corrected chi connectivity index (χ0v) is 9.79. The van der Waals surface area contributed by atoms with Gasteiger partial charge in [0.1, 0.15) is 5.82 Å². The second-order valence-corrected chi connectivity index (χ2v) is 3.52. The minimum absolute atomic E-state index is 0.00794. The Hall–Kier alpha value is -1.40. The predicted octanol–water partition coefficient (Wildman–Crippen LogP) is 2.53. The molecule has 1 aromatic rings. The lowest BCUT2D eigenvalue weighted by Gasteiger charge is -2.08. The zero-order chi connectivity index (χ0) is 12.1. The summed E-state index contributed by atoms with van der Waals surface area (Å²) in [5, 5.41) is 4.83. The molecule has 4 nitrogen and oxygen atoms in total. The second-order valence-electron chi connectivity index (χ2n) is 2.70. The van der Waals surface area contributed by atoms with Crippen molar-refractivity contribution in [2.45, 2.75) is 0 Å². The van der Waals surface area contributed by atoms with Crippen molar-refractivity contribution in [1.82, 2.24) is 5.32 Å². The van der Waals surface area contributed by atoms with Crippen LogP contribution < -0.4 is 10.6 Å². The van der Waals surface area contributed by atoms with Gasteiger partial charge in [0.15, 0.2) is 5.11 Å². The number of halogens is 2. The van der Waals surface area contributed by atoms with E-state index in [4.69, 9.17) is 23.8 Å². The summed E-state index contributed by atoms with van der Waals surface area (Å²) in [6.07, 6.45) is -0.702. The maximum atomic E-state index is 13.0. The number of rotatable bonds is 1. The Labute approximate surface area is 102 Å². The number of methoxy groups -OCH3 is 1. The largest absolute Gasteiger partial charge is 0.453 e. The molecule has 0 fully saturated rings. The van der Waals surface area contributed by atoms with E-state index >= 15 is 0 Å². The average molecular weight is 263 g/mol. The molecule has 1 rings (SSSR count). The molecule has 0 spiro atoms. The Balaban J connectivity index is 2.63. The fourth-order valence-electron chi connectivity index (χ4n) is 0.880. The van der Waals surface area contributed by atoms with Gasteiger partial charge in [0.05, 0.1) is 12.1 Å². The quantitative estimate of drug-likeness (QED) is 0.764. The van der Waals surface area contributed by atoms with Crippen molar-refractivity contribution in [1.29, 1.82) is 0 Å². The molecule has 0 aliphatic carbocycles. The maximum absolute atomic E-state index is 13.0. The summed E-state index contributed by atoms with van der Waals surface area (Å²) in [4.78, 5) is 10.8. The van der Waals surface area contributed by atoms with E-state index in [-0.39, 0.29) is 10.1 Å². The topological polar surface area (TPSA) is 50.4 Å². The summed E-state index contributed by atoms with van der Waals surface area (Å²) in [5.41, 5.74) is 0.378. The highest BCUT2D eigenvalue weighted by molar-refractivity contribution is 7.80. The molecule has 86 valence electrons. The van der Waals surface area contributed by atoms with Crippen LogP contribution in [-0.2, 0) is 4.74 Å². The molecule has 0 aliphatic rings. The summed E-state index contributed by atoms with van der Waals surface area (Å²) in [5.74, 6) is -0.576. The van der Waals surface area contributed by atoms with Gasteiger partial charge in [-0.15, -0.1) is 0 Å². The highest BCUT2D eigenvalue weighted by atomic mass is 35.5. The number of amides is 1. The van der Waals surface area contributed by atoms with Gasteiger partial charge in [0.25, 0.3) is 0 Å². The Morgan fingerprint density at radius 2 is 2.25 bits per heavy atom. The Bertz CT molecular complexity index is 428. The Morgan fingerprint density at radius 1 is 1.56 bits per heavy atom. The van der Waals surface area contributed by atoms with Gasteiger partial charge < -0.3 is 10.1 Å². The molecule has 0 atom stereocenters. The lowest BCUT2D eigenvalue weighted by Crippen LogP contribution is -2.33. The van der Waals surface area contributed by atoms with Gasteiger partial charge >= 0.3 is 6.09 Å². The van der Waals surface area contributed by atoms with Crippen molar-refractivity contribution >= 4 is 40.7 Å². The third-order valence-corrected chi connectivity index (χ3v) is 2.09. The van der Waals surface area contributed by atoms with E-state index in [0.717, 1.165) is 6.07 Å². The van der Waals surface area contributed by atoms with Crippen molar-refractivity contribution in [3.8, 4) is 0 Å². The van der Waals surface area contributed by atoms with Gasteiger partial charge in [0, 0.05) is 5.69 Å². The molecule has 0 bridgehead atoms. The molecule has 0 saturated carbocycles. The SMILES string of the molecule is COC(=O)NC(=S)Nc1ccc(Cl)c(F)c1. The molecule has 0 unspecified atom stereocenters. The third-order valence-electron chi connectivity index (χ3n) is 1.58. The van der Waals surface area contributed by atoms with Crippen LogP contribution in [-0.4, -0.2) is 18.3 Å². The van der Waals surface area contributed by atoms with Gasteiger partial charge in [0.2, 0.25) is 0 Å². The molecule has 2 N–H and O–H groups in total. The molecule has 7 heteroatoms. The summed E-state index contributed by atoms with van der Waals surface area (Å²) in [6.45, 7) is 0. The predicted molar refractivity (Wildman–Crippen MR) is 63.2 cm³/mol.